The fourth-order valence-electron chi connectivity index (χ4n) is 6.23. The number of carbonyl (C=O) groups excluding carboxylic acids is 1. The van der Waals surface area contributed by atoms with Gasteiger partial charge in [0.25, 0.3) is 0 Å². The topological polar surface area (TPSA) is 78.7 Å². The minimum Gasteiger partial charge on any atom is -0.481 e. The van der Waals surface area contributed by atoms with Gasteiger partial charge in [-0.2, -0.15) is 0 Å². The molecular formula is C33H32ClFN4O4. The SMILES string of the molecule is COC(=O)c1ccc2nc(CN3CCC(c4cccc5c4OC(c4ccc(Cl)cc4F)C=C5)CC3)n(CC3CCO3)c2n1. The summed E-state index contributed by atoms with van der Waals surface area (Å²) in [5.41, 5.74) is 4.34. The van der Waals surface area contributed by atoms with Gasteiger partial charge in [-0.25, -0.2) is 19.2 Å². The van der Waals surface area contributed by atoms with Gasteiger partial charge in [0.1, 0.15) is 29.0 Å². The number of ether oxygens (including phenoxy) is 3. The van der Waals surface area contributed by atoms with Gasteiger partial charge in [-0.15, -0.1) is 0 Å². The summed E-state index contributed by atoms with van der Waals surface area (Å²) in [6.45, 7) is 3.87. The monoisotopic (exact) mass is 602 g/mol. The minimum atomic E-state index is -0.507. The number of methoxy groups -OCH3 is 1. The lowest BCUT2D eigenvalue weighted by molar-refractivity contribution is -0.0593. The second-order valence-electron chi connectivity index (χ2n) is 11.3. The van der Waals surface area contributed by atoms with E-state index in [1.54, 1.807) is 18.2 Å². The first kappa shape index (κ1) is 28.0. The third-order valence-electron chi connectivity index (χ3n) is 8.68. The molecule has 0 N–H and O–H groups in total. The van der Waals surface area contributed by atoms with Crippen molar-refractivity contribution in [3.63, 3.8) is 0 Å². The molecule has 2 aromatic heterocycles. The molecule has 5 heterocycles. The Labute approximate surface area is 254 Å². The van der Waals surface area contributed by atoms with Gasteiger partial charge in [-0.1, -0.05) is 41.9 Å². The number of nitrogens with zero attached hydrogens (tertiary/aromatic N) is 4. The summed E-state index contributed by atoms with van der Waals surface area (Å²) in [5, 5.41) is 0.364. The summed E-state index contributed by atoms with van der Waals surface area (Å²) in [7, 11) is 1.36. The number of piperidine rings is 1. The quantitative estimate of drug-likeness (QED) is 0.229. The fourth-order valence-corrected chi connectivity index (χ4v) is 6.39. The largest absolute Gasteiger partial charge is 0.481 e. The summed E-state index contributed by atoms with van der Waals surface area (Å²) in [5.74, 6) is 1.22. The highest BCUT2D eigenvalue weighted by Crippen LogP contribution is 2.42. The molecule has 2 fully saturated rings. The molecular weight excluding hydrogens is 571 g/mol. The van der Waals surface area contributed by atoms with Crippen molar-refractivity contribution in [2.45, 2.75) is 50.5 Å². The van der Waals surface area contributed by atoms with Crippen molar-refractivity contribution in [3.8, 4) is 5.75 Å². The Kier molecular flexibility index (Phi) is 7.63. The maximum absolute atomic E-state index is 14.7. The molecule has 2 unspecified atom stereocenters. The maximum Gasteiger partial charge on any atom is 0.356 e. The zero-order valence-electron chi connectivity index (χ0n) is 23.8. The van der Waals surface area contributed by atoms with Crippen molar-refractivity contribution >= 4 is 34.8 Å². The highest BCUT2D eigenvalue weighted by molar-refractivity contribution is 6.30. The summed E-state index contributed by atoms with van der Waals surface area (Å²) >= 11 is 5.98. The van der Waals surface area contributed by atoms with Crippen LogP contribution in [0.5, 0.6) is 5.75 Å². The molecule has 2 aromatic carbocycles. The van der Waals surface area contributed by atoms with Crippen LogP contribution in [0, 0.1) is 5.82 Å². The minimum absolute atomic E-state index is 0.119. The summed E-state index contributed by atoms with van der Waals surface area (Å²) in [4.78, 5) is 24.1. The predicted octanol–water partition coefficient (Wildman–Crippen LogP) is 6.33. The van der Waals surface area contributed by atoms with Gasteiger partial charge in [0.2, 0.25) is 0 Å². The molecule has 3 aliphatic rings. The Morgan fingerprint density at radius 2 is 1.93 bits per heavy atom. The first-order chi connectivity index (χ1) is 21.0. The van der Waals surface area contributed by atoms with Gasteiger partial charge in [0.15, 0.2) is 11.3 Å². The van der Waals surface area contributed by atoms with Crippen LogP contribution in [-0.2, 0) is 22.6 Å². The van der Waals surface area contributed by atoms with E-state index < -0.39 is 12.1 Å². The number of halogens is 2. The van der Waals surface area contributed by atoms with Crippen LogP contribution in [0.3, 0.4) is 0 Å². The molecule has 0 saturated carbocycles. The highest BCUT2D eigenvalue weighted by Gasteiger charge is 2.29. The second kappa shape index (κ2) is 11.7. The van der Waals surface area contributed by atoms with E-state index in [9.17, 15) is 9.18 Å². The van der Waals surface area contributed by atoms with Crippen molar-refractivity contribution < 1.29 is 23.4 Å². The van der Waals surface area contributed by atoms with Gasteiger partial charge in [-0.05, 0) is 74.2 Å². The first-order valence-corrected chi connectivity index (χ1v) is 15.1. The molecule has 43 heavy (non-hydrogen) atoms. The lowest BCUT2D eigenvalue weighted by Gasteiger charge is -2.34. The molecule has 222 valence electrons. The smallest absolute Gasteiger partial charge is 0.356 e. The number of benzene rings is 2. The molecule has 0 amide bonds. The molecule has 0 aliphatic carbocycles. The number of hydrogen-bond acceptors (Lipinski definition) is 7. The average molecular weight is 603 g/mol. The maximum atomic E-state index is 14.7. The van der Waals surface area contributed by atoms with E-state index in [1.165, 1.54) is 13.2 Å². The van der Waals surface area contributed by atoms with E-state index in [2.05, 4.69) is 26.6 Å². The van der Waals surface area contributed by atoms with Crippen molar-refractivity contribution in [2.75, 3.05) is 26.8 Å². The fraction of sp³-hybridized carbons (Fsp3) is 0.364. The van der Waals surface area contributed by atoms with Crippen molar-refractivity contribution in [3.05, 3.63) is 93.7 Å². The molecule has 7 rings (SSSR count). The third-order valence-corrected chi connectivity index (χ3v) is 8.91. The Morgan fingerprint density at radius 3 is 2.67 bits per heavy atom. The Hall–Kier alpha value is -3.79. The second-order valence-corrected chi connectivity index (χ2v) is 11.8. The molecule has 2 atom stereocenters. The number of hydrogen-bond donors (Lipinski definition) is 0. The molecule has 0 spiro atoms. The number of rotatable bonds is 7. The molecule has 4 aromatic rings. The van der Waals surface area contributed by atoms with Crippen LogP contribution in [-0.4, -0.2) is 58.3 Å². The lowest BCUT2D eigenvalue weighted by atomic mass is 9.87. The van der Waals surface area contributed by atoms with Crippen LogP contribution in [0.4, 0.5) is 4.39 Å². The van der Waals surface area contributed by atoms with Gasteiger partial charge in [0, 0.05) is 22.8 Å². The van der Waals surface area contributed by atoms with Gasteiger partial charge >= 0.3 is 5.97 Å². The van der Waals surface area contributed by atoms with Crippen LogP contribution in [0.25, 0.3) is 17.2 Å². The van der Waals surface area contributed by atoms with Crippen LogP contribution in [0.15, 0.2) is 54.6 Å². The van der Waals surface area contributed by atoms with Crippen LogP contribution >= 0.6 is 11.6 Å². The van der Waals surface area contributed by atoms with E-state index in [4.69, 9.17) is 30.8 Å². The highest BCUT2D eigenvalue weighted by atomic mass is 35.5. The molecule has 2 saturated heterocycles. The van der Waals surface area contributed by atoms with Gasteiger partial charge in [-0.3, -0.25) is 4.90 Å². The number of fused-ring (bicyclic) bond motifs is 2. The van der Waals surface area contributed by atoms with Crippen LogP contribution < -0.4 is 4.74 Å². The molecule has 0 bridgehead atoms. The first-order valence-electron chi connectivity index (χ1n) is 14.7. The van der Waals surface area contributed by atoms with E-state index in [-0.39, 0.29) is 17.6 Å². The van der Waals surface area contributed by atoms with E-state index in [0.717, 1.165) is 67.2 Å². The number of carbonyl (C=O) groups is 1. The number of imidazole rings is 1. The Morgan fingerprint density at radius 1 is 1.09 bits per heavy atom. The lowest BCUT2D eigenvalue weighted by Crippen LogP contribution is -2.35. The number of aromatic nitrogens is 3. The molecule has 3 aliphatic heterocycles. The molecule has 10 heteroatoms. The summed E-state index contributed by atoms with van der Waals surface area (Å²) in [6.07, 6.45) is 6.43. The van der Waals surface area contributed by atoms with E-state index in [0.29, 0.717) is 35.2 Å². The zero-order chi connectivity index (χ0) is 29.5. The standard InChI is InChI=1S/C33H32ClFN4O4/c1-41-33(40)28-9-8-27-32(37-28)39(18-23-13-16-42-23)30(36-27)19-38-14-11-20(12-15-38)24-4-2-3-21-5-10-29(43-31(21)24)25-7-6-22(34)17-26(25)35/h2-10,17,20,23,29H,11-16,18-19H2,1H3. The van der Waals surface area contributed by atoms with E-state index >= 15 is 0 Å². The normalized spacial score (nSPS) is 20.4. The van der Waals surface area contributed by atoms with Crippen LogP contribution in [0.2, 0.25) is 5.02 Å². The third kappa shape index (κ3) is 5.53. The van der Waals surface area contributed by atoms with Crippen molar-refractivity contribution in [1.29, 1.82) is 0 Å². The summed E-state index contributed by atoms with van der Waals surface area (Å²) in [6, 6.07) is 14.4. The van der Waals surface area contributed by atoms with Crippen molar-refractivity contribution in [2.24, 2.45) is 0 Å². The van der Waals surface area contributed by atoms with Crippen LogP contribution in [0.1, 0.15) is 64.3 Å². The van der Waals surface area contributed by atoms with Gasteiger partial charge < -0.3 is 18.8 Å². The average Bonchev–Trinajstić information content (AvgIpc) is 3.34. The predicted molar refractivity (Wildman–Crippen MR) is 161 cm³/mol. The number of esters is 1. The summed E-state index contributed by atoms with van der Waals surface area (Å²) < 4.78 is 33.9. The van der Waals surface area contributed by atoms with E-state index in [1.807, 2.05) is 24.3 Å². The number of pyridine rings is 1. The number of para-hydroxylation sites is 1. The van der Waals surface area contributed by atoms with Crippen molar-refractivity contribution in [1.82, 2.24) is 19.4 Å². The number of likely N-dealkylation sites (tertiary alicyclic amines) is 1. The van der Waals surface area contributed by atoms with Gasteiger partial charge in [0.05, 0.1) is 26.3 Å². The Balaban J connectivity index is 1.08. The molecule has 0 radical (unpaired) electrons. The Bertz CT molecular complexity index is 1710. The zero-order valence-corrected chi connectivity index (χ0v) is 24.6. The molecule has 8 nitrogen and oxygen atoms in total.